The number of carbonyl (C=O) groups excluding carboxylic acids is 1. The molecule has 1 fully saturated rings. The molecule has 31 heavy (non-hydrogen) atoms. The Morgan fingerprint density at radius 1 is 1.13 bits per heavy atom. The normalized spacial score (nSPS) is 17.2. The molecule has 2 aromatic carbocycles. The van der Waals surface area contributed by atoms with E-state index in [0.29, 0.717) is 5.92 Å². The first-order valence-electron chi connectivity index (χ1n) is 11.0. The Labute approximate surface area is 186 Å². The zero-order valence-electron chi connectivity index (χ0n) is 17.8. The topological polar surface area (TPSA) is 55.6 Å². The van der Waals surface area contributed by atoms with Crippen LogP contribution in [0.1, 0.15) is 37.7 Å². The van der Waals surface area contributed by atoms with Crippen molar-refractivity contribution in [1.29, 1.82) is 0 Å². The number of thiazole rings is 1. The van der Waals surface area contributed by atoms with Gasteiger partial charge in [-0.2, -0.15) is 0 Å². The Bertz CT molecular complexity index is 1150. The van der Waals surface area contributed by atoms with Crippen molar-refractivity contribution in [3.05, 3.63) is 58.2 Å². The molecule has 2 aliphatic rings. The minimum Gasteiger partial charge on any atom is -0.482 e. The molecule has 2 heterocycles. The van der Waals surface area contributed by atoms with Gasteiger partial charge in [-0.1, -0.05) is 37.0 Å². The van der Waals surface area contributed by atoms with Crippen LogP contribution >= 0.6 is 11.3 Å². The third-order valence-corrected chi connectivity index (χ3v) is 6.99. The maximum atomic E-state index is 11.8. The highest BCUT2D eigenvalue weighted by atomic mass is 32.1. The first-order chi connectivity index (χ1) is 15.2. The summed E-state index contributed by atoms with van der Waals surface area (Å²) >= 11 is 1.67. The highest BCUT2D eigenvalue weighted by Crippen LogP contribution is 2.34. The summed E-state index contributed by atoms with van der Waals surface area (Å²) in [7, 11) is 0. The summed E-state index contributed by atoms with van der Waals surface area (Å²) in [5.74, 6) is 1.29. The van der Waals surface area contributed by atoms with Crippen molar-refractivity contribution in [3.63, 3.8) is 0 Å². The number of carbonyl (C=O) groups is 1. The maximum absolute atomic E-state index is 11.8. The van der Waals surface area contributed by atoms with E-state index in [2.05, 4.69) is 52.5 Å². The Morgan fingerprint density at radius 3 is 2.74 bits per heavy atom. The number of rotatable bonds is 4. The van der Waals surface area contributed by atoms with Crippen molar-refractivity contribution in [3.8, 4) is 17.0 Å². The van der Waals surface area contributed by atoms with Crippen LogP contribution in [0.25, 0.3) is 11.3 Å². The number of hydrogen-bond acceptors (Lipinski definition) is 4. The number of benzene rings is 2. The minimum atomic E-state index is -0.111. The van der Waals surface area contributed by atoms with Crippen molar-refractivity contribution in [1.82, 2.24) is 4.57 Å². The fourth-order valence-corrected chi connectivity index (χ4v) is 5.36. The monoisotopic (exact) mass is 433 g/mol. The van der Waals surface area contributed by atoms with Gasteiger partial charge < -0.3 is 14.6 Å². The summed E-state index contributed by atoms with van der Waals surface area (Å²) in [5.41, 5.74) is 5.16. The summed E-state index contributed by atoms with van der Waals surface area (Å²) in [4.78, 5) is 17.8. The number of nitrogens with one attached hydrogen (secondary N) is 1. The Balaban J connectivity index is 1.56. The van der Waals surface area contributed by atoms with Gasteiger partial charge >= 0.3 is 0 Å². The van der Waals surface area contributed by atoms with E-state index < -0.39 is 0 Å². The number of amides is 1. The van der Waals surface area contributed by atoms with Crippen LogP contribution in [-0.2, 0) is 11.3 Å². The molecule has 1 N–H and O–H groups in total. The standard InChI is InChI=1S/C25H27N3O2S/c1-17-7-10-20(11-8-17)26-25-28(14-18-5-3-2-4-6-18)22(16-31-25)19-9-12-23-21(13-19)27-24(29)15-30-23/h7-13,16,18H,2-6,14-15H2,1H3,(H,27,29). The molecule has 6 heteroatoms. The second-order valence-corrected chi connectivity index (χ2v) is 9.35. The number of fused-ring (bicyclic) bond motifs is 1. The molecule has 0 unspecified atom stereocenters. The summed E-state index contributed by atoms with van der Waals surface area (Å²) in [6.07, 6.45) is 6.54. The minimum absolute atomic E-state index is 0.0755. The smallest absolute Gasteiger partial charge is 0.262 e. The van der Waals surface area contributed by atoms with E-state index in [-0.39, 0.29) is 12.5 Å². The van der Waals surface area contributed by atoms with E-state index in [4.69, 9.17) is 9.73 Å². The molecule has 0 radical (unpaired) electrons. The largest absolute Gasteiger partial charge is 0.482 e. The second-order valence-electron chi connectivity index (χ2n) is 8.51. The molecule has 5 rings (SSSR count). The third kappa shape index (κ3) is 4.44. The summed E-state index contributed by atoms with van der Waals surface area (Å²) in [6, 6.07) is 14.4. The van der Waals surface area contributed by atoms with Crippen molar-refractivity contribution < 1.29 is 9.53 Å². The van der Waals surface area contributed by atoms with Gasteiger partial charge in [-0.05, 0) is 56.0 Å². The lowest BCUT2D eigenvalue weighted by Gasteiger charge is -2.23. The van der Waals surface area contributed by atoms with E-state index in [1.54, 1.807) is 11.3 Å². The highest BCUT2D eigenvalue weighted by molar-refractivity contribution is 7.07. The molecule has 1 aliphatic carbocycles. The van der Waals surface area contributed by atoms with E-state index >= 15 is 0 Å². The molecule has 1 saturated carbocycles. The van der Waals surface area contributed by atoms with Gasteiger partial charge in [0.15, 0.2) is 11.4 Å². The zero-order valence-corrected chi connectivity index (χ0v) is 18.6. The Kier molecular flexibility index (Phi) is 5.64. The molecular formula is C25H27N3O2S. The third-order valence-electron chi connectivity index (χ3n) is 6.13. The molecule has 1 amide bonds. The Morgan fingerprint density at radius 2 is 1.94 bits per heavy atom. The van der Waals surface area contributed by atoms with Crippen LogP contribution in [0.15, 0.2) is 52.8 Å². The lowest BCUT2D eigenvalue weighted by Crippen LogP contribution is -2.25. The SMILES string of the molecule is Cc1ccc(N=c2scc(-c3ccc4c(c3)NC(=O)CO4)n2CC2CCCCC2)cc1. The summed E-state index contributed by atoms with van der Waals surface area (Å²) in [6.45, 7) is 3.14. The van der Waals surface area contributed by atoms with E-state index in [0.717, 1.165) is 39.7 Å². The van der Waals surface area contributed by atoms with Gasteiger partial charge in [0.25, 0.3) is 5.91 Å². The molecule has 1 aromatic heterocycles. The predicted octanol–water partition coefficient (Wildman–Crippen LogP) is 5.67. The van der Waals surface area contributed by atoms with Gasteiger partial charge in [0, 0.05) is 17.5 Å². The fourth-order valence-electron chi connectivity index (χ4n) is 4.43. The fraction of sp³-hybridized carbons (Fsp3) is 0.360. The zero-order chi connectivity index (χ0) is 21.2. The lowest BCUT2D eigenvalue weighted by molar-refractivity contribution is -0.118. The molecule has 160 valence electrons. The van der Waals surface area contributed by atoms with Crippen molar-refractivity contribution in [2.75, 3.05) is 11.9 Å². The van der Waals surface area contributed by atoms with E-state index in [9.17, 15) is 4.79 Å². The van der Waals surface area contributed by atoms with Gasteiger partial charge in [-0.3, -0.25) is 4.79 Å². The van der Waals surface area contributed by atoms with Crippen LogP contribution in [0.2, 0.25) is 0 Å². The van der Waals surface area contributed by atoms with Crippen molar-refractivity contribution >= 4 is 28.6 Å². The molecule has 1 aliphatic heterocycles. The first-order valence-corrected chi connectivity index (χ1v) is 11.9. The van der Waals surface area contributed by atoms with Gasteiger partial charge in [0.2, 0.25) is 0 Å². The van der Waals surface area contributed by atoms with Gasteiger partial charge in [0.05, 0.1) is 17.1 Å². The van der Waals surface area contributed by atoms with Crippen molar-refractivity contribution in [2.45, 2.75) is 45.6 Å². The summed E-state index contributed by atoms with van der Waals surface area (Å²) < 4.78 is 7.91. The van der Waals surface area contributed by atoms with E-state index in [1.165, 1.54) is 37.7 Å². The number of ether oxygens (including phenoxy) is 1. The van der Waals surface area contributed by atoms with Gasteiger partial charge in [-0.25, -0.2) is 4.99 Å². The molecule has 0 bridgehead atoms. The average molecular weight is 434 g/mol. The second kappa shape index (κ2) is 8.71. The number of aromatic nitrogens is 1. The molecule has 0 saturated heterocycles. The Hall–Kier alpha value is -2.86. The van der Waals surface area contributed by atoms with E-state index in [1.807, 2.05) is 12.1 Å². The number of hydrogen-bond donors (Lipinski definition) is 1. The van der Waals surface area contributed by atoms with Crippen LogP contribution in [0.3, 0.4) is 0 Å². The maximum Gasteiger partial charge on any atom is 0.262 e. The number of nitrogens with zero attached hydrogens (tertiary/aromatic N) is 2. The van der Waals surface area contributed by atoms with Crippen LogP contribution in [0, 0.1) is 12.8 Å². The summed E-state index contributed by atoms with van der Waals surface area (Å²) in [5, 5.41) is 5.11. The van der Waals surface area contributed by atoms with Crippen LogP contribution in [-0.4, -0.2) is 17.1 Å². The predicted molar refractivity (Wildman–Crippen MR) is 125 cm³/mol. The quantitative estimate of drug-likeness (QED) is 0.576. The van der Waals surface area contributed by atoms with Gasteiger partial charge in [0.1, 0.15) is 5.75 Å². The number of aryl methyl sites for hydroxylation is 1. The number of anilines is 1. The van der Waals surface area contributed by atoms with Crippen LogP contribution in [0.4, 0.5) is 11.4 Å². The van der Waals surface area contributed by atoms with Crippen molar-refractivity contribution in [2.24, 2.45) is 10.9 Å². The molecule has 5 nitrogen and oxygen atoms in total. The molecular weight excluding hydrogens is 406 g/mol. The van der Waals surface area contributed by atoms with Gasteiger partial charge in [-0.15, -0.1) is 11.3 Å². The molecule has 0 atom stereocenters. The first kappa shape index (κ1) is 20.1. The molecule has 3 aromatic rings. The highest BCUT2D eigenvalue weighted by Gasteiger charge is 2.20. The lowest BCUT2D eigenvalue weighted by atomic mass is 9.89. The van der Waals surface area contributed by atoms with Crippen LogP contribution in [0.5, 0.6) is 5.75 Å². The molecule has 0 spiro atoms. The van der Waals surface area contributed by atoms with Crippen LogP contribution < -0.4 is 14.9 Å². The average Bonchev–Trinajstić information content (AvgIpc) is 3.17.